The number of carbonyl (C=O) groups excluding carboxylic acids is 2. The van der Waals surface area contributed by atoms with Crippen LogP contribution in [-0.2, 0) is 9.59 Å². The first kappa shape index (κ1) is 40.3. The smallest absolute Gasteiger partial charge is 0.163 e. The van der Waals surface area contributed by atoms with Gasteiger partial charge in [0.05, 0.1) is 0 Å². The molecule has 0 bridgehead atoms. The highest BCUT2D eigenvalue weighted by atomic mass is 16.3. The van der Waals surface area contributed by atoms with Crippen molar-refractivity contribution in [3.05, 3.63) is 0 Å². The molecular formula is C37H73NO3. The van der Waals surface area contributed by atoms with Crippen molar-refractivity contribution in [1.82, 2.24) is 5.32 Å². The summed E-state index contributed by atoms with van der Waals surface area (Å²) in [5, 5.41) is 14.0. The van der Waals surface area contributed by atoms with Crippen LogP contribution in [0.1, 0.15) is 207 Å². The number of aliphatic hydroxyl groups is 1. The lowest BCUT2D eigenvalue weighted by Gasteiger charge is -2.35. The molecule has 2 atom stereocenters. The van der Waals surface area contributed by atoms with Crippen LogP contribution in [0.4, 0.5) is 0 Å². The molecule has 4 heteroatoms. The third kappa shape index (κ3) is 20.7. The Morgan fingerprint density at radius 2 is 0.805 bits per heavy atom. The highest BCUT2D eigenvalue weighted by Crippen LogP contribution is 2.23. The van der Waals surface area contributed by atoms with E-state index in [1.54, 1.807) is 7.05 Å². The molecule has 244 valence electrons. The van der Waals surface area contributed by atoms with Crippen molar-refractivity contribution in [2.45, 2.75) is 219 Å². The molecule has 0 rings (SSSR count). The summed E-state index contributed by atoms with van der Waals surface area (Å²) in [6, 6.07) is 0. The van der Waals surface area contributed by atoms with Crippen LogP contribution in [0, 0.1) is 0 Å². The van der Waals surface area contributed by atoms with Crippen molar-refractivity contribution in [3.8, 4) is 0 Å². The van der Waals surface area contributed by atoms with E-state index in [9.17, 15) is 14.7 Å². The second kappa shape index (κ2) is 29.3. The Labute approximate surface area is 257 Å². The molecule has 0 radical (unpaired) electrons. The van der Waals surface area contributed by atoms with E-state index in [1.165, 1.54) is 135 Å². The van der Waals surface area contributed by atoms with Gasteiger partial charge in [0, 0.05) is 12.8 Å². The van der Waals surface area contributed by atoms with E-state index in [0.717, 1.165) is 32.1 Å². The maximum atomic E-state index is 13.2. The number of likely N-dealkylation sites (N-methyl/N-ethyl adjacent to an activating group) is 1. The lowest BCUT2D eigenvalue weighted by Crippen LogP contribution is -2.61. The molecule has 0 saturated heterocycles. The zero-order valence-corrected chi connectivity index (χ0v) is 28.3. The molecule has 0 aliphatic heterocycles. The van der Waals surface area contributed by atoms with Gasteiger partial charge in [-0.25, -0.2) is 0 Å². The predicted octanol–water partition coefficient (Wildman–Crippen LogP) is 10.8. The van der Waals surface area contributed by atoms with Gasteiger partial charge in [0.25, 0.3) is 0 Å². The molecule has 4 nitrogen and oxygen atoms in total. The Hall–Kier alpha value is -0.740. The molecule has 0 spiro atoms. The van der Waals surface area contributed by atoms with Crippen molar-refractivity contribution in [2.75, 3.05) is 7.05 Å². The Bertz CT molecular complexity index is 587. The number of nitrogens with one attached hydrogen (secondary N) is 1. The van der Waals surface area contributed by atoms with Gasteiger partial charge < -0.3 is 10.4 Å². The zero-order chi connectivity index (χ0) is 30.4. The average Bonchev–Trinajstić information content (AvgIpc) is 2.98. The van der Waals surface area contributed by atoms with Crippen LogP contribution in [0.3, 0.4) is 0 Å². The van der Waals surface area contributed by atoms with Crippen LogP contribution < -0.4 is 5.32 Å². The number of aliphatic hydroxyl groups excluding tert-OH is 1. The summed E-state index contributed by atoms with van der Waals surface area (Å²) in [5.41, 5.74) is -1.13. The largest absolute Gasteiger partial charge is 0.383 e. The maximum Gasteiger partial charge on any atom is 0.163 e. The third-order valence-electron chi connectivity index (χ3n) is 9.31. The molecule has 0 aliphatic carbocycles. The van der Waals surface area contributed by atoms with E-state index < -0.39 is 11.6 Å². The second-order valence-corrected chi connectivity index (χ2v) is 12.9. The molecule has 0 aliphatic rings. The number of Topliss-reactive ketones (excluding diaryl/α,β-unsaturated/α-hetero) is 2. The summed E-state index contributed by atoms with van der Waals surface area (Å²) in [7, 11) is 1.72. The number of unbranched alkanes of at least 4 members (excludes halogenated alkanes) is 24. The minimum atomic E-state index is -1.25. The van der Waals surface area contributed by atoms with Crippen molar-refractivity contribution in [3.63, 3.8) is 0 Å². The van der Waals surface area contributed by atoms with Gasteiger partial charge >= 0.3 is 0 Å². The van der Waals surface area contributed by atoms with Gasteiger partial charge in [-0.05, 0) is 26.3 Å². The predicted molar refractivity (Wildman–Crippen MR) is 179 cm³/mol. The van der Waals surface area contributed by atoms with Gasteiger partial charge in [0.1, 0.15) is 11.6 Å². The Morgan fingerprint density at radius 1 is 0.512 bits per heavy atom. The summed E-state index contributed by atoms with van der Waals surface area (Å²) >= 11 is 0. The first-order valence-corrected chi connectivity index (χ1v) is 18.4. The minimum absolute atomic E-state index is 0.00298. The van der Waals surface area contributed by atoms with Crippen LogP contribution in [0.25, 0.3) is 0 Å². The third-order valence-corrected chi connectivity index (χ3v) is 9.31. The molecule has 2 unspecified atom stereocenters. The molecule has 41 heavy (non-hydrogen) atoms. The van der Waals surface area contributed by atoms with E-state index in [0.29, 0.717) is 19.3 Å². The quantitative estimate of drug-likeness (QED) is 0.0759. The van der Waals surface area contributed by atoms with Crippen molar-refractivity contribution >= 4 is 11.6 Å². The standard InChI is InChI=1S/C37H73NO3/c1-5-8-10-12-14-16-18-20-22-24-26-28-30-32-34(39)36(41)37(7-3,38-4)35(40)33-31-29-27-25-23-21-19-17-15-13-11-9-6-2/h36,38,41H,5-33H2,1-4H3. The van der Waals surface area contributed by atoms with Gasteiger partial charge in [-0.1, -0.05) is 175 Å². The fourth-order valence-corrected chi connectivity index (χ4v) is 6.25. The van der Waals surface area contributed by atoms with Gasteiger partial charge in [-0.3, -0.25) is 9.59 Å². The van der Waals surface area contributed by atoms with Gasteiger partial charge in [-0.2, -0.15) is 0 Å². The number of rotatable bonds is 33. The highest BCUT2D eigenvalue weighted by Gasteiger charge is 2.44. The molecule has 0 aromatic rings. The van der Waals surface area contributed by atoms with Gasteiger partial charge in [-0.15, -0.1) is 0 Å². The van der Waals surface area contributed by atoms with Crippen LogP contribution in [0.5, 0.6) is 0 Å². The maximum absolute atomic E-state index is 13.2. The Kier molecular flexibility index (Phi) is 28.8. The first-order valence-electron chi connectivity index (χ1n) is 18.4. The SMILES string of the molecule is CCCCCCCCCCCCCCCC(=O)C(O)C(CC)(NC)C(=O)CCCCCCCCCCCCCCC. The number of hydrogen-bond acceptors (Lipinski definition) is 4. The minimum Gasteiger partial charge on any atom is -0.383 e. The monoisotopic (exact) mass is 580 g/mol. The van der Waals surface area contributed by atoms with E-state index >= 15 is 0 Å². The lowest BCUT2D eigenvalue weighted by atomic mass is 9.80. The summed E-state index contributed by atoms with van der Waals surface area (Å²) in [6.45, 7) is 6.44. The van der Waals surface area contributed by atoms with E-state index in [1.807, 2.05) is 6.92 Å². The normalized spacial score (nSPS) is 13.8. The molecule has 2 N–H and O–H groups in total. The second-order valence-electron chi connectivity index (χ2n) is 12.9. The summed E-state index contributed by atoms with van der Waals surface area (Å²) in [4.78, 5) is 26.0. The molecule has 0 aromatic carbocycles. The summed E-state index contributed by atoms with van der Waals surface area (Å²) < 4.78 is 0. The highest BCUT2D eigenvalue weighted by molar-refractivity contribution is 5.97. The van der Waals surface area contributed by atoms with Crippen molar-refractivity contribution in [1.29, 1.82) is 0 Å². The molecule has 0 fully saturated rings. The topological polar surface area (TPSA) is 66.4 Å². The fourth-order valence-electron chi connectivity index (χ4n) is 6.25. The molecule has 0 saturated carbocycles. The summed E-state index contributed by atoms with van der Waals surface area (Å²) in [6.07, 6.45) is 33.0. The Morgan fingerprint density at radius 3 is 1.10 bits per heavy atom. The van der Waals surface area contributed by atoms with Crippen LogP contribution in [0.2, 0.25) is 0 Å². The van der Waals surface area contributed by atoms with Crippen molar-refractivity contribution < 1.29 is 14.7 Å². The van der Waals surface area contributed by atoms with Crippen LogP contribution in [-0.4, -0.2) is 35.4 Å². The first-order chi connectivity index (χ1) is 20.0. The van der Waals surface area contributed by atoms with Crippen LogP contribution >= 0.6 is 0 Å². The number of carbonyl (C=O) groups is 2. The van der Waals surface area contributed by atoms with Crippen molar-refractivity contribution in [2.24, 2.45) is 0 Å². The van der Waals surface area contributed by atoms with E-state index in [4.69, 9.17) is 0 Å². The number of hydrogen-bond donors (Lipinski definition) is 2. The van der Waals surface area contributed by atoms with Gasteiger partial charge in [0.15, 0.2) is 11.6 Å². The molecular weight excluding hydrogens is 506 g/mol. The van der Waals surface area contributed by atoms with E-state index in [-0.39, 0.29) is 11.6 Å². The fraction of sp³-hybridized carbons (Fsp3) is 0.946. The molecule has 0 heterocycles. The van der Waals surface area contributed by atoms with Gasteiger partial charge in [0.2, 0.25) is 0 Å². The summed E-state index contributed by atoms with van der Waals surface area (Å²) in [5.74, 6) is -0.181. The molecule has 0 amide bonds. The van der Waals surface area contributed by atoms with E-state index in [2.05, 4.69) is 19.2 Å². The molecule has 0 aromatic heterocycles. The van der Waals surface area contributed by atoms with Crippen LogP contribution in [0.15, 0.2) is 0 Å². The average molecular weight is 580 g/mol. The zero-order valence-electron chi connectivity index (χ0n) is 28.3. The number of ketones is 2. The Balaban J connectivity index is 4.00. The lowest BCUT2D eigenvalue weighted by molar-refractivity contribution is -0.141.